The van der Waals surface area contributed by atoms with Crippen LogP contribution in [0.15, 0.2) is 54.7 Å². The van der Waals surface area contributed by atoms with Gasteiger partial charge in [-0.25, -0.2) is 4.98 Å². The van der Waals surface area contributed by atoms with Crippen LogP contribution in [0.25, 0.3) is 22.3 Å². The maximum Gasteiger partial charge on any atom is 0.137 e. The summed E-state index contributed by atoms with van der Waals surface area (Å²) in [5.74, 6) is 1.79. The number of fused-ring (bicyclic) bond motifs is 2. The first kappa shape index (κ1) is 17.1. The molecule has 0 aliphatic carbocycles. The lowest BCUT2D eigenvalue weighted by Crippen LogP contribution is -2.32. The third-order valence-corrected chi connectivity index (χ3v) is 5.63. The second-order valence-corrected chi connectivity index (χ2v) is 7.38. The van der Waals surface area contributed by atoms with E-state index in [1.807, 2.05) is 18.2 Å². The molecule has 0 unspecified atom stereocenters. The molecule has 142 valence electrons. The smallest absolute Gasteiger partial charge is 0.137 e. The number of aromatic nitrogens is 3. The highest BCUT2D eigenvalue weighted by Crippen LogP contribution is 2.26. The van der Waals surface area contributed by atoms with E-state index in [-0.39, 0.29) is 0 Å². The predicted octanol–water partition coefficient (Wildman–Crippen LogP) is 4.17. The first-order chi connectivity index (χ1) is 13.8. The lowest BCUT2D eigenvalue weighted by Gasteiger charge is -2.25. The van der Waals surface area contributed by atoms with Gasteiger partial charge in [-0.15, -0.1) is 0 Å². The molecule has 0 spiro atoms. The minimum atomic E-state index is 0.854. The summed E-state index contributed by atoms with van der Waals surface area (Å²) in [6.07, 6.45) is 4.19. The van der Waals surface area contributed by atoms with Crippen molar-refractivity contribution in [2.75, 3.05) is 20.2 Å². The van der Waals surface area contributed by atoms with Crippen LogP contribution in [0.2, 0.25) is 0 Å². The summed E-state index contributed by atoms with van der Waals surface area (Å²) < 4.78 is 5.34. The van der Waals surface area contributed by atoms with Crippen LogP contribution in [0.4, 0.5) is 0 Å². The second kappa shape index (κ2) is 7.17. The first-order valence-corrected chi connectivity index (χ1v) is 9.79. The van der Waals surface area contributed by atoms with Gasteiger partial charge in [0, 0.05) is 48.7 Å². The van der Waals surface area contributed by atoms with Crippen molar-refractivity contribution in [2.45, 2.75) is 19.4 Å². The van der Waals surface area contributed by atoms with Gasteiger partial charge < -0.3 is 14.7 Å². The maximum atomic E-state index is 5.34. The molecule has 5 heteroatoms. The number of ether oxygens (including phenoxy) is 1. The normalized spacial score (nSPS) is 14.3. The number of rotatable bonds is 5. The lowest BCUT2D eigenvalue weighted by atomic mass is 10.1. The van der Waals surface area contributed by atoms with Crippen molar-refractivity contribution in [3.8, 4) is 17.1 Å². The van der Waals surface area contributed by atoms with Gasteiger partial charge in [-0.05, 0) is 30.2 Å². The predicted molar refractivity (Wildman–Crippen MR) is 112 cm³/mol. The molecular weight excluding hydrogens is 348 g/mol. The fraction of sp³-hybridized carbons (Fsp3) is 0.261. The van der Waals surface area contributed by atoms with Crippen molar-refractivity contribution >= 4 is 10.9 Å². The van der Waals surface area contributed by atoms with Gasteiger partial charge in [0.15, 0.2) is 0 Å². The van der Waals surface area contributed by atoms with Crippen molar-refractivity contribution in [2.24, 2.45) is 0 Å². The Hall–Kier alpha value is -3.05. The van der Waals surface area contributed by atoms with Gasteiger partial charge in [-0.2, -0.15) is 0 Å². The third-order valence-electron chi connectivity index (χ3n) is 5.63. The third kappa shape index (κ3) is 3.18. The summed E-state index contributed by atoms with van der Waals surface area (Å²) in [5.41, 5.74) is 6.11. The number of hydrogen-bond donors (Lipinski definition) is 2. The van der Waals surface area contributed by atoms with E-state index in [0.717, 1.165) is 49.6 Å². The number of H-pyrrole nitrogens is 2. The number of hydrogen-bond acceptors (Lipinski definition) is 3. The summed E-state index contributed by atoms with van der Waals surface area (Å²) in [7, 11) is 1.69. The van der Waals surface area contributed by atoms with Gasteiger partial charge >= 0.3 is 0 Å². The van der Waals surface area contributed by atoms with Crippen molar-refractivity contribution in [1.29, 1.82) is 0 Å². The minimum Gasteiger partial charge on any atom is -0.497 e. The SMILES string of the molecule is COc1cccc(-c2nc3c([nH]2)CN(CCc2c[nH]c4ccccc24)CC3)c1. The summed E-state index contributed by atoms with van der Waals surface area (Å²) in [4.78, 5) is 14.3. The molecule has 2 N–H and O–H groups in total. The molecule has 1 aliphatic heterocycles. The molecule has 0 saturated carbocycles. The Kier molecular flexibility index (Phi) is 4.37. The minimum absolute atomic E-state index is 0.854. The molecule has 5 rings (SSSR count). The Morgan fingerprint density at radius 3 is 3.00 bits per heavy atom. The zero-order chi connectivity index (χ0) is 18.9. The standard InChI is InChI=1S/C23H24N4O/c1-28-18-6-4-5-16(13-18)23-25-21-10-12-27(15-22(21)26-23)11-9-17-14-24-20-8-3-2-7-19(17)20/h2-8,13-14,24H,9-12,15H2,1H3,(H,25,26). The Bertz CT molecular complexity index is 1110. The van der Waals surface area contributed by atoms with Crippen molar-refractivity contribution in [1.82, 2.24) is 19.9 Å². The number of imidazole rings is 1. The second-order valence-electron chi connectivity index (χ2n) is 7.38. The van der Waals surface area contributed by atoms with Crippen LogP contribution in [-0.4, -0.2) is 40.1 Å². The van der Waals surface area contributed by atoms with E-state index >= 15 is 0 Å². The number of para-hydroxylation sites is 1. The van der Waals surface area contributed by atoms with Crippen LogP contribution in [-0.2, 0) is 19.4 Å². The van der Waals surface area contributed by atoms with Crippen LogP contribution in [0.5, 0.6) is 5.75 Å². The average molecular weight is 372 g/mol. The molecule has 0 saturated heterocycles. The Balaban J connectivity index is 1.29. The Morgan fingerprint density at radius 2 is 2.07 bits per heavy atom. The Morgan fingerprint density at radius 1 is 1.14 bits per heavy atom. The molecule has 0 radical (unpaired) electrons. The summed E-state index contributed by atoms with van der Waals surface area (Å²) in [6, 6.07) is 16.6. The first-order valence-electron chi connectivity index (χ1n) is 9.79. The zero-order valence-corrected chi connectivity index (χ0v) is 16.0. The summed E-state index contributed by atoms with van der Waals surface area (Å²) in [6.45, 7) is 3.03. The quantitative estimate of drug-likeness (QED) is 0.553. The Labute approximate surface area is 164 Å². The van der Waals surface area contributed by atoms with E-state index in [2.05, 4.69) is 51.4 Å². The number of nitrogens with zero attached hydrogens (tertiary/aromatic N) is 2. The van der Waals surface area contributed by atoms with E-state index in [0.29, 0.717) is 0 Å². The maximum absolute atomic E-state index is 5.34. The van der Waals surface area contributed by atoms with Crippen molar-refractivity contribution in [3.63, 3.8) is 0 Å². The number of methoxy groups -OCH3 is 1. The number of aromatic amines is 2. The van der Waals surface area contributed by atoms with E-state index < -0.39 is 0 Å². The topological polar surface area (TPSA) is 56.9 Å². The molecule has 4 aromatic rings. The van der Waals surface area contributed by atoms with Crippen molar-refractivity contribution < 1.29 is 4.74 Å². The van der Waals surface area contributed by atoms with Gasteiger partial charge in [0.2, 0.25) is 0 Å². The van der Waals surface area contributed by atoms with E-state index in [1.54, 1.807) is 7.11 Å². The molecule has 2 aromatic heterocycles. The van der Waals surface area contributed by atoms with E-state index in [1.165, 1.54) is 27.9 Å². The molecule has 3 heterocycles. The van der Waals surface area contributed by atoms with Crippen LogP contribution in [0.3, 0.4) is 0 Å². The fourth-order valence-electron chi connectivity index (χ4n) is 4.06. The molecular formula is C23H24N4O. The summed E-state index contributed by atoms with van der Waals surface area (Å²) >= 11 is 0. The van der Waals surface area contributed by atoms with Gasteiger partial charge in [-0.3, -0.25) is 4.90 Å². The molecule has 2 aromatic carbocycles. The highest BCUT2D eigenvalue weighted by molar-refractivity contribution is 5.83. The molecule has 5 nitrogen and oxygen atoms in total. The largest absolute Gasteiger partial charge is 0.497 e. The van der Waals surface area contributed by atoms with Gasteiger partial charge in [0.25, 0.3) is 0 Å². The van der Waals surface area contributed by atoms with Crippen LogP contribution >= 0.6 is 0 Å². The molecule has 0 bridgehead atoms. The molecule has 0 amide bonds. The van der Waals surface area contributed by atoms with Gasteiger partial charge in [0.05, 0.1) is 18.5 Å². The number of nitrogens with one attached hydrogen (secondary N) is 2. The lowest BCUT2D eigenvalue weighted by molar-refractivity contribution is 0.253. The van der Waals surface area contributed by atoms with Gasteiger partial charge in [-0.1, -0.05) is 30.3 Å². The molecule has 28 heavy (non-hydrogen) atoms. The van der Waals surface area contributed by atoms with Crippen LogP contribution < -0.4 is 4.74 Å². The zero-order valence-electron chi connectivity index (χ0n) is 16.0. The van der Waals surface area contributed by atoms with Crippen LogP contribution in [0.1, 0.15) is 17.0 Å². The summed E-state index contributed by atoms with van der Waals surface area (Å²) in [5, 5.41) is 1.34. The van der Waals surface area contributed by atoms with Gasteiger partial charge in [0.1, 0.15) is 11.6 Å². The van der Waals surface area contributed by atoms with Crippen LogP contribution in [0, 0.1) is 0 Å². The average Bonchev–Trinajstić information content (AvgIpc) is 3.36. The van der Waals surface area contributed by atoms with E-state index in [9.17, 15) is 0 Å². The molecule has 0 fully saturated rings. The highest BCUT2D eigenvalue weighted by atomic mass is 16.5. The molecule has 1 aliphatic rings. The highest BCUT2D eigenvalue weighted by Gasteiger charge is 2.21. The fourth-order valence-corrected chi connectivity index (χ4v) is 4.06. The molecule has 0 atom stereocenters. The van der Waals surface area contributed by atoms with E-state index in [4.69, 9.17) is 9.72 Å². The number of benzene rings is 2. The monoisotopic (exact) mass is 372 g/mol. The van der Waals surface area contributed by atoms with Crippen molar-refractivity contribution in [3.05, 3.63) is 71.7 Å².